The Morgan fingerprint density at radius 3 is 2.91 bits per heavy atom. The summed E-state index contributed by atoms with van der Waals surface area (Å²) >= 11 is 1.74. The molecule has 0 bridgehead atoms. The van der Waals surface area contributed by atoms with E-state index in [4.69, 9.17) is 4.98 Å². The summed E-state index contributed by atoms with van der Waals surface area (Å²) < 4.78 is 0. The Labute approximate surface area is 134 Å². The maximum absolute atomic E-state index is 12.6. The first-order valence-electron chi connectivity index (χ1n) is 8.53. The highest BCUT2D eigenvalue weighted by molar-refractivity contribution is 7.18. The maximum Gasteiger partial charge on any atom is 0.259 e. The number of nitrogens with one attached hydrogen (secondary N) is 1. The molecule has 1 saturated carbocycles. The lowest BCUT2D eigenvalue weighted by molar-refractivity contribution is 0.272. The second kappa shape index (κ2) is 5.78. The largest absolute Gasteiger partial charge is 0.310 e. The lowest BCUT2D eigenvalue weighted by atomic mass is 9.88. The molecule has 4 rings (SSSR count). The Bertz CT molecular complexity index is 742. The second-order valence-electron chi connectivity index (χ2n) is 6.59. The van der Waals surface area contributed by atoms with Gasteiger partial charge in [0.2, 0.25) is 0 Å². The third kappa shape index (κ3) is 2.40. The van der Waals surface area contributed by atoms with Crippen molar-refractivity contribution in [3.05, 3.63) is 26.6 Å². The van der Waals surface area contributed by atoms with Crippen LogP contribution in [0.4, 0.5) is 0 Å². The molecule has 0 unspecified atom stereocenters. The summed E-state index contributed by atoms with van der Waals surface area (Å²) in [5.74, 6) is 1.39. The van der Waals surface area contributed by atoms with Gasteiger partial charge in [-0.1, -0.05) is 26.2 Å². The molecule has 1 fully saturated rings. The molecule has 0 atom stereocenters. The van der Waals surface area contributed by atoms with Gasteiger partial charge in [-0.2, -0.15) is 0 Å². The van der Waals surface area contributed by atoms with E-state index in [9.17, 15) is 4.79 Å². The average molecular weight is 317 g/mol. The fourth-order valence-electron chi connectivity index (χ4n) is 3.91. The lowest BCUT2D eigenvalue weighted by Gasteiger charge is -2.24. The molecule has 0 radical (unpaired) electrons. The van der Waals surface area contributed by atoms with Crippen molar-refractivity contribution in [2.45, 2.75) is 57.9 Å². The smallest absolute Gasteiger partial charge is 0.259 e. The number of likely N-dealkylation sites (N-methyl/N-ethyl adjacent to an activating group) is 1. The van der Waals surface area contributed by atoms with Gasteiger partial charge in [-0.25, -0.2) is 4.98 Å². The number of fused-ring (bicyclic) bond motifs is 3. The second-order valence-corrected chi connectivity index (χ2v) is 7.67. The average Bonchev–Trinajstić information content (AvgIpc) is 2.93. The van der Waals surface area contributed by atoms with Crippen molar-refractivity contribution >= 4 is 21.6 Å². The van der Waals surface area contributed by atoms with Crippen molar-refractivity contribution in [1.82, 2.24) is 14.9 Å². The zero-order valence-corrected chi connectivity index (χ0v) is 14.0. The van der Waals surface area contributed by atoms with E-state index in [-0.39, 0.29) is 5.56 Å². The molecule has 0 amide bonds. The Balaban J connectivity index is 1.77. The summed E-state index contributed by atoms with van der Waals surface area (Å²) in [4.78, 5) is 25.3. The van der Waals surface area contributed by atoms with Crippen LogP contribution in [0.3, 0.4) is 0 Å². The molecule has 1 aliphatic carbocycles. The summed E-state index contributed by atoms with van der Waals surface area (Å²) in [5.41, 5.74) is 1.35. The zero-order chi connectivity index (χ0) is 15.1. The maximum atomic E-state index is 12.6. The number of nitrogens with zero attached hydrogens (tertiary/aromatic N) is 2. The van der Waals surface area contributed by atoms with Gasteiger partial charge in [0.1, 0.15) is 10.7 Å². The number of rotatable bonds is 2. The van der Waals surface area contributed by atoms with Crippen LogP contribution in [-0.4, -0.2) is 28.0 Å². The molecule has 118 valence electrons. The normalized spacial score (nSPS) is 20.4. The summed E-state index contributed by atoms with van der Waals surface area (Å²) in [5, 5.41) is 0.871. The number of hydrogen-bond acceptors (Lipinski definition) is 4. The SMILES string of the molecule is CCN1CCc2c(sc3nc(C4CCCCC4)[nH]c(=O)c23)C1. The summed E-state index contributed by atoms with van der Waals surface area (Å²) in [6, 6.07) is 0. The fourth-order valence-corrected chi connectivity index (χ4v) is 5.18. The Hall–Kier alpha value is -1.20. The van der Waals surface area contributed by atoms with Crippen molar-refractivity contribution in [3.8, 4) is 0 Å². The van der Waals surface area contributed by atoms with Gasteiger partial charge in [0.05, 0.1) is 5.39 Å². The zero-order valence-electron chi connectivity index (χ0n) is 13.2. The summed E-state index contributed by atoms with van der Waals surface area (Å²) in [6.45, 7) is 5.31. The van der Waals surface area contributed by atoms with E-state index in [0.29, 0.717) is 5.92 Å². The van der Waals surface area contributed by atoms with Crippen LogP contribution >= 0.6 is 11.3 Å². The molecule has 5 heteroatoms. The first-order chi connectivity index (χ1) is 10.8. The van der Waals surface area contributed by atoms with Crippen molar-refractivity contribution in [1.29, 1.82) is 0 Å². The number of H-pyrrole nitrogens is 1. The molecule has 22 heavy (non-hydrogen) atoms. The van der Waals surface area contributed by atoms with Gasteiger partial charge in [-0.15, -0.1) is 11.3 Å². The Kier molecular flexibility index (Phi) is 3.78. The van der Waals surface area contributed by atoms with Gasteiger partial charge in [-0.3, -0.25) is 9.69 Å². The molecule has 0 aromatic carbocycles. The molecule has 2 aromatic rings. The predicted octanol–water partition coefficient (Wildman–Crippen LogP) is 3.41. The molecule has 2 aliphatic rings. The van der Waals surface area contributed by atoms with Gasteiger partial charge in [0, 0.05) is 23.9 Å². The van der Waals surface area contributed by atoms with E-state index in [2.05, 4.69) is 16.8 Å². The van der Waals surface area contributed by atoms with Crippen molar-refractivity contribution in [2.24, 2.45) is 0 Å². The third-order valence-corrected chi connectivity index (χ3v) is 6.36. The van der Waals surface area contributed by atoms with E-state index in [1.807, 2.05) is 0 Å². The molecular weight excluding hydrogens is 294 g/mol. The molecule has 1 N–H and O–H groups in total. The highest BCUT2D eigenvalue weighted by Crippen LogP contribution is 2.35. The fraction of sp³-hybridized carbons (Fsp3) is 0.647. The monoisotopic (exact) mass is 317 g/mol. The molecule has 0 saturated heterocycles. The number of aromatic amines is 1. The molecule has 4 nitrogen and oxygen atoms in total. The molecule has 1 aliphatic heterocycles. The number of thiophene rings is 1. The van der Waals surface area contributed by atoms with Crippen molar-refractivity contribution < 1.29 is 0 Å². The van der Waals surface area contributed by atoms with Gasteiger partial charge < -0.3 is 4.98 Å². The van der Waals surface area contributed by atoms with Crippen LogP contribution in [0.25, 0.3) is 10.2 Å². The van der Waals surface area contributed by atoms with E-state index >= 15 is 0 Å². The minimum atomic E-state index is 0.0908. The molecule has 0 spiro atoms. The first kappa shape index (κ1) is 14.4. The highest BCUT2D eigenvalue weighted by atomic mass is 32.1. The van der Waals surface area contributed by atoms with Gasteiger partial charge in [-0.05, 0) is 31.4 Å². The standard InChI is InChI=1S/C17H23N3OS/c1-2-20-9-8-12-13(10-20)22-17-14(12)16(21)18-15(19-17)11-6-4-3-5-7-11/h11H,2-10H2,1H3,(H,18,19,21). The van der Waals surface area contributed by atoms with Crippen LogP contribution in [0.15, 0.2) is 4.79 Å². The highest BCUT2D eigenvalue weighted by Gasteiger charge is 2.24. The van der Waals surface area contributed by atoms with Crippen LogP contribution in [0.2, 0.25) is 0 Å². The first-order valence-corrected chi connectivity index (χ1v) is 9.34. The predicted molar refractivity (Wildman–Crippen MR) is 90.7 cm³/mol. The molecule has 3 heterocycles. The lowest BCUT2D eigenvalue weighted by Crippen LogP contribution is -2.29. The van der Waals surface area contributed by atoms with Crippen molar-refractivity contribution in [3.63, 3.8) is 0 Å². The summed E-state index contributed by atoms with van der Waals surface area (Å²) in [6.07, 6.45) is 7.17. The van der Waals surface area contributed by atoms with E-state index in [0.717, 1.165) is 42.1 Å². The van der Waals surface area contributed by atoms with Gasteiger partial charge in [0.25, 0.3) is 5.56 Å². The molecular formula is C17H23N3OS. The van der Waals surface area contributed by atoms with Crippen LogP contribution in [0.1, 0.15) is 61.2 Å². The van der Waals surface area contributed by atoms with E-state index < -0.39 is 0 Å². The molecule has 2 aromatic heterocycles. The van der Waals surface area contributed by atoms with Crippen LogP contribution < -0.4 is 5.56 Å². The quantitative estimate of drug-likeness (QED) is 0.923. The summed E-state index contributed by atoms with van der Waals surface area (Å²) in [7, 11) is 0. The minimum Gasteiger partial charge on any atom is -0.310 e. The van der Waals surface area contributed by atoms with Gasteiger partial charge in [0.15, 0.2) is 0 Å². The third-order valence-electron chi connectivity index (χ3n) is 5.25. The Morgan fingerprint density at radius 1 is 1.32 bits per heavy atom. The number of hydrogen-bond donors (Lipinski definition) is 1. The van der Waals surface area contributed by atoms with Gasteiger partial charge >= 0.3 is 0 Å². The van der Waals surface area contributed by atoms with E-state index in [1.165, 1.54) is 42.5 Å². The van der Waals surface area contributed by atoms with Crippen molar-refractivity contribution in [2.75, 3.05) is 13.1 Å². The topological polar surface area (TPSA) is 49.0 Å². The minimum absolute atomic E-state index is 0.0908. The Morgan fingerprint density at radius 2 is 2.14 bits per heavy atom. The van der Waals surface area contributed by atoms with E-state index in [1.54, 1.807) is 11.3 Å². The van der Waals surface area contributed by atoms with Crippen LogP contribution in [-0.2, 0) is 13.0 Å². The van der Waals surface area contributed by atoms with Crippen LogP contribution in [0.5, 0.6) is 0 Å². The number of aromatic nitrogens is 2. The van der Waals surface area contributed by atoms with Crippen LogP contribution in [0, 0.1) is 0 Å².